The quantitative estimate of drug-likeness (QED) is 0.545. The van der Waals surface area contributed by atoms with Crippen molar-refractivity contribution in [1.82, 2.24) is 14.6 Å². The zero-order valence-electron chi connectivity index (χ0n) is 20.0. The third-order valence-electron chi connectivity index (χ3n) is 7.49. The summed E-state index contributed by atoms with van der Waals surface area (Å²) in [5, 5.41) is 22.8. The Balaban J connectivity index is 1.65. The van der Waals surface area contributed by atoms with Gasteiger partial charge in [0.1, 0.15) is 4.90 Å². The molecule has 6 atom stereocenters. The number of nitrogens with one attached hydrogen (secondary N) is 1. The summed E-state index contributed by atoms with van der Waals surface area (Å²) >= 11 is 0. The molecule has 2 fully saturated rings. The van der Waals surface area contributed by atoms with Crippen molar-refractivity contribution in [1.29, 1.82) is 0 Å². The first-order valence-corrected chi connectivity index (χ1v) is 13.2. The molecule has 0 saturated carbocycles. The van der Waals surface area contributed by atoms with Gasteiger partial charge in [0.25, 0.3) is 0 Å². The summed E-state index contributed by atoms with van der Waals surface area (Å²) in [7, 11) is 0.0385. The topological polar surface area (TPSA) is 112 Å². The number of benzene rings is 1. The fourth-order valence-corrected chi connectivity index (χ4v) is 6.65. The van der Waals surface area contributed by atoms with Gasteiger partial charge in [-0.25, -0.2) is 13.1 Å². The van der Waals surface area contributed by atoms with Crippen LogP contribution in [0, 0.1) is 0 Å². The third kappa shape index (κ3) is 4.91. The molecule has 2 aliphatic rings. The van der Waals surface area contributed by atoms with Crippen LogP contribution >= 0.6 is 0 Å². The zero-order chi connectivity index (χ0) is 24.6. The van der Waals surface area contributed by atoms with E-state index in [4.69, 9.17) is 4.74 Å². The number of aliphatic hydroxyl groups excluding tert-OH is 2. The number of nitrogens with zero attached hydrogens (tertiary/aromatic N) is 2. The number of pyridine rings is 1. The van der Waals surface area contributed by atoms with E-state index >= 15 is 0 Å². The van der Waals surface area contributed by atoms with E-state index in [1.54, 1.807) is 6.07 Å². The lowest BCUT2D eigenvalue weighted by Gasteiger charge is -2.52. The molecule has 8 nitrogen and oxygen atoms in total. The van der Waals surface area contributed by atoms with E-state index in [-0.39, 0.29) is 23.4 Å². The van der Waals surface area contributed by atoms with Crippen molar-refractivity contribution in [2.24, 2.45) is 0 Å². The van der Waals surface area contributed by atoms with Crippen LogP contribution in [0.1, 0.15) is 44.1 Å². The van der Waals surface area contributed by atoms with Gasteiger partial charge in [0.05, 0.1) is 23.4 Å². The Morgan fingerprint density at radius 1 is 1.21 bits per heavy atom. The van der Waals surface area contributed by atoms with Gasteiger partial charge in [-0.05, 0) is 70.3 Å². The molecular formula is C25H35N3O5S. The Kier molecular flexibility index (Phi) is 7.15. The van der Waals surface area contributed by atoms with Gasteiger partial charge in [-0.15, -0.1) is 0 Å². The van der Waals surface area contributed by atoms with Gasteiger partial charge in [-0.2, -0.15) is 0 Å². The van der Waals surface area contributed by atoms with Crippen molar-refractivity contribution in [2.45, 2.75) is 72.9 Å². The number of aliphatic hydroxyl groups is 2. The molecule has 1 aromatic carbocycles. The first-order valence-electron chi connectivity index (χ1n) is 11.7. The summed E-state index contributed by atoms with van der Waals surface area (Å²) in [6, 6.07) is 12.9. The van der Waals surface area contributed by atoms with Crippen molar-refractivity contribution in [3.05, 3.63) is 60.4 Å². The van der Waals surface area contributed by atoms with Crippen LogP contribution in [0.4, 0.5) is 0 Å². The number of fused-ring (bicyclic) bond motifs is 2. The van der Waals surface area contributed by atoms with E-state index in [0.29, 0.717) is 25.7 Å². The molecule has 9 heteroatoms. The SMILES string of the molecule is CN(C)[C@@H]1CC[C@@]2(C(O)CNS(=O)(=O)c3cccnc3)C[C@H](c3ccccc3)C[C@](C)(O2)[C@H]1O. The molecule has 34 heavy (non-hydrogen) atoms. The molecule has 0 aliphatic carbocycles. The highest BCUT2D eigenvalue weighted by Gasteiger charge is 2.57. The molecule has 2 aliphatic heterocycles. The maximum absolute atomic E-state index is 12.8. The Bertz CT molecular complexity index is 1070. The Labute approximate surface area is 202 Å². The van der Waals surface area contributed by atoms with E-state index in [1.807, 2.05) is 44.1 Å². The lowest BCUT2D eigenvalue weighted by Crippen LogP contribution is -2.61. The summed E-state index contributed by atoms with van der Waals surface area (Å²) in [4.78, 5) is 5.92. The van der Waals surface area contributed by atoms with E-state index in [9.17, 15) is 18.6 Å². The average molecular weight is 490 g/mol. The van der Waals surface area contributed by atoms with Gasteiger partial charge in [-0.1, -0.05) is 30.3 Å². The molecular weight excluding hydrogens is 454 g/mol. The van der Waals surface area contributed by atoms with Crippen LogP contribution in [0.15, 0.2) is 59.8 Å². The lowest BCUT2D eigenvalue weighted by molar-refractivity contribution is -0.250. The molecule has 2 aromatic rings. The summed E-state index contributed by atoms with van der Waals surface area (Å²) in [5.74, 6) is 0.0556. The smallest absolute Gasteiger partial charge is 0.242 e. The molecule has 3 heterocycles. The number of likely N-dealkylation sites (N-methyl/N-ethyl adjacent to an activating group) is 1. The summed E-state index contributed by atoms with van der Waals surface area (Å²) in [6.07, 6.45) is 3.20. The largest absolute Gasteiger partial charge is 0.389 e. The third-order valence-corrected chi connectivity index (χ3v) is 8.90. The van der Waals surface area contributed by atoms with Crippen molar-refractivity contribution in [3.8, 4) is 0 Å². The summed E-state index contributed by atoms with van der Waals surface area (Å²) < 4.78 is 34.7. The second kappa shape index (κ2) is 9.64. The minimum atomic E-state index is -3.84. The molecule has 1 aromatic heterocycles. The molecule has 2 saturated heterocycles. The number of rotatable bonds is 7. The summed E-state index contributed by atoms with van der Waals surface area (Å²) in [5.41, 5.74) is -0.774. The van der Waals surface area contributed by atoms with Crippen molar-refractivity contribution >= 4 is 10.0 Å². The monoisotopic (exact) mass is 489 g/mol. The number of hydrogen-bond donors (Lipinski definition) is 3. The molecule has 186 valence electrons. The molecule has 0 amide bonds. The second-order valence-electron chi connectivity index (χ2n) is 10.1. The van der Waals surface area contributed by atoms with Crippen LogP contribution in [0.5, 0.6) is 0 Å². The van der Waals surface area contributed by atoms with Crippen LogP contribution in [0.25, 0.3) is 0 Å². The Morgan fingerprint density at radius 2 is 1.94 bits per heavy atom. The fraction of sp³-hybridized carbons (Fsp3) is 0.560. The standard InChI is InChI=1S/C25H35N3O5S/c1-24-14-19(18-8-5-4-6-9-18)15-25(33-24,12-11-21(23(24)30)28(2)3)22(29)17-27-34(31,32)20-10-7-13-26-16-20/h4-10,13,16,19,21-23,27,29-30H,11-12,14-15,17H2,1-3H3/t19-,21-,22?,23+,24+,25+/m1/s1. The van der Waals surface area contributed by atoms with Gasteiger partial charge in [0, 0.05) is 25.0 Å². The molecule has 4 rings (SSSR count). The van der Waals surface area contributed by atoms with Crippen LogP contribution in [0.3, 0.4) is 0 Å². The van der Waals surface area contributed by atoms with Gasteiger partial charge < -0.3 is 19.8 Å². The minimum absolute atomic E-state index is 0.0419. The van der Waals surface area contributed by atoms with Crippen LogP contribution in [-0.4, -0.2) is 78.6 Å². The second-order valence-corrected chi connectivity index (χ2v) is 11.8. The number of hydrogen-bond acceptors (Lipinski definition) is 7. The van der Waals surface area contributed by atoms with E-state index in [1.165, 1.54) is 18.5 Å². The zero-order valence-corrected chi connectivity index (χ0v) is 20.8. The van der Waals surface area contributed by atoms with E-state index < -0.39 is 33.4 Å². The maximum Gasteiger partial charge on any atom is 0.242 e. The normalized spacial score (nSPS) is 32.8. The molecule has 0 radical (unpaired) electrons. The molecule has 2 bridgehead atoms. The van der Waals surface area contributed by atoms with Crippen LogP contribution in [0.2, 0.25) is 0 Å². The highest BCUT2D eigenvalue weighted by Crippen LogP contribution is 2.51. The highest BCUT2D eigenvalue weighted by atomic mass is 32.2. The van der Waals surface area contributed by atoms with Gasteiger partial charge >= 0.3 is 0 Å². The van der Waals surface area contributed by atoms with Crippen LogP contribution in [-0.2, 0) is 14.8 Å². The maximum atomic E-state index is 12.8. The predicted octanol–water partition coefficient (Wildman–Crippen LogP) is 1.90. The minimum Gasteiger partial charge on any atom is -0.389 e. The van der Waals surface area contributed by atoms with Gasteiger partial charge in [0.2, 0.25) is 10.0 Å². The lowest BCUT2D eigenvalue weighted by atomic mass is 9.72. The van der Waals surface area contributed by atoms with Gasteiger partial charge in [0.15, 0.2) is 0 Å². The summed E-state index contributed by atoms with van der Waals surface area (Å²) in [6.45, 7) is 1.72. The number of ether oxygens (including phenoxy) is 1. The Morgan fingerprint density at radius 3 is 2.59 bits per heavy atom. The van der Waals surface area contributed by atoms with E-state index in [0.717, 1.165) is 5.56 Å². The Hall–Kier alpha value is -1.88. The molecule has 0 spiro atoms. The first-order chi connectivity index (χ1) is 16.1. The molecule has 1 unspecified atom stereocenters. The number of aromatic nitrogens is 1. The number of sulfonamides is 1. The van der Waals surface area contributed by atoms with Gasteiger partial charge in [-0.3, -0.25) is 4.98 Å². The fourth-order valence-electron chi connectivity index (χ4n) is 5.65. The first kappa shape index (κ1) is 25.2. The molecule has 3 N–H and O–H groups in total. The van der Waals surface area contributed by atoms with Crippen LogP contribution < -0.4 is 4.72 Å². The van der Waals surface area contributed by atoms with Crippen molar-refractivity contribution in [3.63, 3.8) is 0 Å². The highest BCUT2D eigenvalue weighted by molar-refractivity contribution is 7.89. The van der Waals surface area contributed by atoms with Crippen molar-refractivity contribution in [2.75, 3.05) is 20.6 Å². The predicted molar refractivity (Wildman–Crippen MR) is 129 cm³/mol. The van der Waals surface area contributed by atoms with Crippen molar-refractivity contribution < 1.29 is 23.4 Å². The average Bonchev–Trinajstić information content (AvgIpc) is 2.90. The van der Waals surface area contributed by atoms with E-state index in [2.05, 4.69) is 21.8 Å².